The Morgan fingerprint density at radius 1 is 0.254 bits per heavy atom. The van der Waals surface area contributed by atoms with Gasteiger partial charge in [0, 0.05) is 5.54 Å². The lowest BCUT2D eigenvalue weighted by Crippen LogP contribution is -2.34. The van der Waals surface area contributed by atoms with Gasteiger partial charge in [-0.15, -0.1) is 0 Å². The molecule has 9 aromatic rings. The molecule has 280 valence electrons. The fourth-order valence-corrected chi connectivity index (χ4v) is 9.89. The van der Waals surface area contributed by atoms with Crippen molar-refractivity contribution in [3.8, 4) is 111 Å². The van der Waals surface area contributed by atoms with Gasteiger partial charge >= 0.3 is 0 Å². The summed E-state index contributed by atoms with van der Waals surface area (Å²) in [5, 5.41) is 3.72. The highest BCUT2D eigenvalue weighted by Gasteiger charge is 2.29. The molecule has 0 atom stereocenters. The molecule has 59 heavy (non-hydrogen) atoms. The van der Waals surface area contributed by atoms with Crippen molar-refractivity contribution in [3.05, 3.63) is 206 Å². The van der Waals surface area contributed by atoms with E-state index in [0.717, 1.165) is 0 Å². The van der Waals surface area contributed by atoms with Crippen LogP contribution in [0.15, 0.2) is 200 Å². The maximum atomic E-state index is 3.72. The third-order valence-electron chi connectivity index (χ3n) is 12.9. The zero-order chi connectivity index (χ0) is 39.7. The van der Waals surface area contributed by atoms with Gasteiger partial charge in [0.05, 0.1) is 0 Å². The number of benzene rings is 9. The van der Waals surface area contributed by atoms with Crippen molar-refractivity contribution in [1.82, 2.24) is 5.32 Å². The molecule has 9 aromatic carbocycles. The van der Waals surface area contributed by atoms with E-state index in [1.54, 1.807) is 0 Å². The van der Waals surface area contributed by atoms with Gasteiger partial charge in [-0.1, -0.05) is 188 Å². The minimum absolute atomic E-state index is 0.354. The fourth-order valence-electron chi connectivity index (χ4n) is 9.89. The topological polar surface area (TPSA) is 12.0 Å². The van der Waals surface area contributed by atoms with Crippen molar-refractivity contribution in [1.29, 1.82) is 0 Å². The summed E-state index contributed by atoms with van der Waals surface area (Å²) in [5.74, 6) is 0. The van der Waals surface area contributed by atoms with Crippen LogP contribution in [0.4, 0.5) is 0 Å². The van der Waals surface area contributed by atoms with Crippen LogP contribution in [0.3, 0.4) is 0 Å². The Morgan fingerprint density at radius 3 is 0.729 bits per heavy atom. The molecule has 0 saturated heterocycles. The molecule has 2 aliphatic rings. The molecule has 1 N–H and O–H groups in total. The van der Waals surface area contributed by atoms with Gasteiger partial charge < -0.3 is 5.32 Å². The van der Waals surface area contributed by atoms with Crippen LogP contribution < -0.4 is 5.32 Å². The number of hydrogen-bond donors (Lipinski definition) is 1. The molecule has 1 heteroatoms. The van der Waals surface area contributed by atoms with E-state index in [1.165, 1.54) is 117 Å². The summed E-state index contributed by atoms with van der Waals surface area (Å²) in [6, 6.07) is 74.5. The molecular formula is C58H43N. The highest BCUT2D eigenvalue weighted by atomic mass is 14.9. The summed E-state index contributed by atoms with van der Waals surface area (Å²) in [7, 11) is 2.08. The van der Waals surface area contributed by atoms with Crippen LogP contribution in [0.2, 0.25) is 0 Å². The van der Waals surface area contributed by atoms with Gasteiger partial charge in [-0.2, -0.15) is 0 Å². The largest absolute Gasteiger partial charge is 0.311 e. The predicted molar refractivity (Wildman–Crippen MR) is 250 cm³/mol. The summed E-state index contributed by atoms with van der Waals surface area (Å²) in [4.78, 5) is 0. The van der Waals surface area contributed by atoms with Gasteiger partial charge in [0.2, 0.25) is 0 Å². The van der Waals surface area contributed by atoms with E-state index in [0.29, 0.717) is 0 Å². The maximum absolute atomic E-state index is 3.72. The first-order chi connectivity index (χ1) is 29.0. The second-order valence-electron chi connectivity index (χ2n) is 16.4. The normalized spacial score (nSPS) is 12.1. The molecular weight excluding hydrogens is 711 g/mol. The van der Waals surface area contributed by atoms with Gasteiger partial charge in [-0.05, 0) is 150 Å². The minimum Gasteiger partial charge on any atom is -0.311 e. The van der Waals surface area contributed by atoms with E-state index in [-0.39, 0.29) is 5.54 Å². The molecule has 0 bridgehead atoms. The summed E-state index contributed by atoms with van der Waals surface area (Å²) >= 11 is 0. The number of hydrogen-bond acceptors (Lipinski definition) is 1. The molecule has 0 heterocycles. The fraction of sp³-hybridized carbons (Fsp3) is 0.0690. The monoisotopic (exact) mass is 753 g/mol. The maximum Gasteiger partial charge on any atom is 0.0387 e. The Bertz CT molecular complexity index is 2910. The minimum atomic E-state index is -0.354. The van der Waals surface area contributed by atoms with Gasteiger partial charge in [-0.25, -0.2) is 0 Å². The number of nitrogens with one attached hydrogen (secondary N) is 1. The van der Waals surface area contributed by atoms with Crippen LogP contribution in [0, 0.1) is 0 Å². The van der Waals surface area contributed by atoms with Crippen LogP contribution >= 0.6 is 0 Å². The summed E-state index contributed by atoms with van der Waals surface area (Å²) in [6.45, 7) is 4.61. The van der Waals surface area contributed by atoms with Crippen LogP contribution in [0.25, 0.3) is 111 Å². The Hall–Kier alpha value is -7.06. The van der Waals surface area contributed by atoms with E-state index in [9.17, 15) is 0 Å². The smallest absolute Gasteiger partial charge is 0.0387 e. The lowest BCUT2D eigenvalue weighted by Gasteiger charge is -2.31. The molecule has 0 unspecified atom stereocenters. The molecule has 2 aliphatic carbocycles. The second-order valence-corrected chi connectivity index (χ2v) is 16.4. The Morgan fingerprint density at radius 2 is 0.475 bits per heavy atom. The van der Waals surface area contributed by atoms with Gasteiger partial charge in [0.15, 0.2) is 0 Å². The average molecular weight is 754 g/mol. The number of rotatable bonds is 4. The van der Waals surface area contributed by atoms with Crippen molar-refractivity contribution in [3.63, 3.8) is 0 Å². The van der Waals surface area contributed by atoms with Crippen LogP contribution in [-0.4, -0.2) is 7.05 Å². The second kappa shape index (κ2) is 13.8. The third kappa shape index (κ3) is 5.57. The van der Waals surface area contributed by atoms with Crippen LogP contribution in [-0.2, 0) is 5.54 Å². The van der Waals surface area contributed by atoms with Gasteiger partial charge in [0.1, 0.15) is 0 Å². The zero-order valence-electron chi connectivity index (χ0n) is 33.6. The first kappa shape index (κ1) is 35.1. The Balaban J connectivity index is 1.14. The van der Waals surface area contributed by atoms with Crippen molar-refractivity contribution < 1.29 is 0 Å². The van der Waals surface area contributed by atoms with E-state index < -0.39 is 0 Å². The first-order valence-corrected chi connectivity index (χ1v) is 20.7. The summed E-state index contributed by atoms with van der Waals surface area (Å²) in [6.07, 6.45) is 0. The zero-order valence-corrected chi connectivity index (χ0v) is 33.6. The number of fused-ring (bicyclic) bond motifs is 16. The molecule has 0 aliphatic heterocycles. The summed E-state index contributed by atoms with van der Waals surface area (Å²) in [5.41, 5.74) is 25.9. The summed E-state index contributed by atoms with van der Waals surface area (Å²) < 4.78 is 0. The van der Waals surface area contributed by atoms with Crippen LogP contribution in [0.5, 0.6) is 0 Å². The van der Waals surface area contributed by atoms with Crippen molar-refractivity contribution >= 4 is 0 Å². The van der Waals surface area contributed by atoms with E-state index >= 15 is 0 Å². The molecule has 0 spiro atoms. The molecule has 0 saturated carbocycles. The average Bonchev–Trinajstić information content (AvgIpc) is 3.30. The lowest BCUT2D eigenvalue weighted by atomic mass is 9.77. The van der Waals surface area contributed by atoms with Crippen LogP contribution in [0.1, 0.15) is 19.4 Å². The standard InChI is InChI=1S/C58H43N/c1-58(2,59-3)57-39(37-31-33-53-49-25-10-8-21-45(49)41-17-4-6-19-43(41)47-23-12-14-27-51(47)55(53)35-37)29-16-30-40(57)38-32-34-54-50-26-11-9-22-46(50)42-18-5-7-20-44(42)48-24-13-15-28-52(48)56(54)36-38/h4-36,59H,1-3H3. The van der Waals surface area contributed by atoms with E-state index in [2.05, 4.69) is 226 Å². The molecule has 0 fully saturated rings. The molecule has 11 rings (SSSR count). The molecule has 0 aromatic heterocycles. The predicted octanol–water partition coefficient (Wildman–Crippen LogP) is 15.4. The lowest BCUT2D eigenvalue weighted by molar-refractivity contribution is 0.447. The van der Waals surface area contributed by atoms with Gasteiger partial charge in [-0.3, -0.25) is 0 Å². The van der Waals surface area contributed by atoms with E-state index in [4.69, 9.17) is 0 Å². The Kier molecular flexibility index (Phi) is 8.22. The highest BCUT2D eigenvalue weighted by Crippen LogP contribution is 2.51. The highest BCUT2D eigenvalue weighted by molar-refractivity contribution is 6.06. The quantitative estimate of drug-likeness (QED) is 0.189. The molecule has 1 nitrogen and oxygen atoms in total. The van der Waals surface area contributed by atoms with Crippen molar-refractivity contribution in [2.75, 3.05) is 7.05 Å². The Labute approximate surface area is 347 Å². The van der Waals surface area contributed by atoms with E-state index in [1.807, 2.05) is 0 Å². The van der Waals surface area contributed by atoms with Crippen molar-refractivity contribution in [2.24, 2.45) is 0 Å². The third-order valence-corrected chi connectivity index (χ3v) is 12.9. The first-order valence-electron chi connectivity index (χ1n) is 20.7. The van der Waals surface area contributed by atoms with Gasteiger partial charge in [0.25, 0.3) is 0 Å². The SMILES string of the molecule is CNC(C)(C)c1c(-c2ccc3c(c2)-c2ccccc2-c2ccccc2-c2ccccc2-3)cccc1-c1ccc2c(c1)-c1ccccc1-c1ccccc1-c1ccccc1-2. The molecule has 0 radical (unpaired) electrons. The van der Waals surface area contributed by atoms with Crippen molar-refractivity contribution in [2.45, 2.75) is 19.4 Å². The molecule has 0 amide bonds.